The van der Waals surface area contributed by atoms with Crippen molar-refractivity contribution in [2.45, 2.75) is 6.92 Å². The van der Waals surface area contributed by atoms with Gasteiger partial charge in [0.25, 0.3) is 0 Å². The van der Waals surface area contributed by atoms with Crippen molar-refractivity contribution in [3.05, 3.63) is 71.2 Å². The Morgan fingerprint density at radius 2 is 1.68 bits per heavy atom. The molecule has 4 heteroatoms. The molecule has 0 heterocycles. The van der Waals surface area contributed by atoms with Gasteiger partial charge in [0, 0.05) is 16.4 Å². The van der Waals surface area contributed by atoms with Crippen LogP contribution in [0.5, 0.6) is 0 Å². The molecule has 0 bridgehead atoms. The Bertz CT molecular complexity index is 845. The third-order valence-corrected chi connectivity index (χ3v) is 3.89. The van der Waals surface area contributed by atoms with Crippen molar-refractivity contribution in [1.29, 1.82) is 0 Å². The molecule has 0 aliphatic heterocycles. The first-order valence-electron chi connectivity index (χ1n) is 6.95. The van der Waals surface area contributed by atoms with Gasteiger partial charge in [-0.2, -0.15) is 0 Å². The maximum absolute atomic E-state index is 6.02. The van der Waals surface area contributed by atoms with Crippen molar-refractivity contribution in [2.75, 3.05) is 10.6 Å². The molecule has 0 saturated heterocycles. The Balaban J connectivity index is 1.76. The van der Waals surface area contributed by atoms with Gasteiger partial charge >= 0.3 is 0 Å². The molecule has 0 spiro atoms. The molecule has 0 radical (unpaired) electrons. The zero-order valence-corrected chi connectivity index (χ0v) is 13.6. The van der Waals surface area contributed by atoms with Gasteiger partial charge in [-0.15, -0.1) is 0 Å². The maximum Gasteiger partial charge on any atom is 0.175 e. The van der Waals surface area contributed by atoms with Crippen LogP contribution >= 0.6 is 23.8 Å². The minimum atomic E-state index is 0.542. The highest BCUT2D eigenvalue weighted by Gasteiger charge is 2.03. The first-order chi connectivity index (χ1) is 10.6. The van der Waals surface area contributed by atoms with Crippen LogP contribution < -0.4 is 10.6 Å². The minimum Gasteiger partial charge on any atom is -0.332 e. The van der Waals surface area contributed by atoms with Gasteiger partial charge in [-0.3, -0.25) is 0 Å². The van der Waals surface area contributed by atoms with Crippen molar-refractivity contribution < 1.29 is 0 Å². The lowest BCUT2D eigenvalue weighted by Gasteiger charge is -2.13. The number of aryl methyl sites for hydroxylation is 1. The van der Waals surface area contributed by atoms with Crippen molar-refractivity contribution in [3.63, 3.8) is 0 Å². The molecule has 0 aliphatic carbocycles. The summed E-state index contributed by atoms with van der Waals surface area (Å²) < 4.78 is 0. The number of rotatable bonds is 2. The van der Waals surface area contributed by atoms with E-state index in [2.05, 4.69) is 34.9 Å². The van der Waals surface area contributed by atoms with Gasteiger partial charge in [-0.05, 0) is 59.7 Å². The lowest BCUT2D eigenvalue weighted by molar-refractivity contribution is 1.45. The second-order valence-electron chi connectivity index (χ2n) is 5.10. The summed E-state index contributed by atoms with van der Waals surface area (Å²) in [6.45, 7) is 2.01. The molecule has 3 aromatic carbocycles. The topological polar surface area (TPSA) is 24.1 Å². The van der Waals surface area contributed by atoms with Crippen molar-refractivity contribution >= 4 is 51.1 Å². The van der Waals surface area contributed by atoms with Gasteiger partial charge in [-0.1, -0.05) is 48.0 Å². The summed E-state index contributed by atoms with van der Waals surface area (Å²) in [4.78, 5) is 0. The van der Waals surface area contributed by atoms with Gasteiger partial charge in [0.1, 0.15) is 0 Å². The number of nitrogens with one attached hydrogen (secondary N) is 2. The maximum atomic E-state index is 6.02. The number of fused-ring (bicyclic) bond motifs is 1. The molecule has 0 saturated carbocycles. The van der Waals surface area contributed by atoms with Gasteiger partial charge in [0.2, 0.25) is 0 Å². The van der Waals surface area contributed by atoms with Crippen molar-refractivity contribution in [2.24, 2.45) is 0 Å². The van der Waals surface area contributed by atoms with Crippen LogP contribution in [0.4, 0.5) is 11.4 Å². The third kappa shape index (κ3) is 3.38. The molecule has 0 fully saturated rings. The van der Waals surface area contributed by atoms with Crippen LogP contribution in [-0.4, -0.2) is 5.11 Å². The highest BCUT2D eigenvalue weighted by atomic mass is 35.5. The largest absolute Gasteiger partial charge is 0.332 e. The minimum absolute atomic E-state index is 0.542. The molecule has 0 aromatic heterocycles. The van der Waals surface area contributed by atoms with Crippen LogP contribution in [0.25, 0.3) is 10.8 Å². The van der Waals surface area contributed by atoms with Crippen LogP contribution in [0.2, 0.25) is 5.02 Å². The van der Waals surface area contributed by atoms with Crippen LogP contribution in [0.3, 0.4) is 0 Å². The predicted molar refractivity (Wildman–Crippen MR) is 100.0 cm³/mol. The summed E-state index contributed by atoms with van der Waals surface area (Å²) in [5, 5.41) is 10.00. The molecule has 3 aromatic rings. The molecule has 0 atom stereocenters. The first-order valence-corrected chi connectivity index (χ1v) is 7.73. The fourth-order valence-electron chi connectivity index (χ4n) is 2.28. The third-order valence-electron chi connectivity index (χ3n) is 3.46. The number of halogens is 1. The molecule has 2 N–H and O–H groups in total. The number of benzene rings is 3. The van der Waals surface area contributed by atoms with Gasteiger partial charge in [-0.25, -0.2) is 0 Å². The first kappa shape index (κ1) is 14.8. The molecular formula is C18H15ClN2S. The summed E-state index contributed by atoms with van der Waals surface area (Å²) in [5.41, 5.74) is 2.95. The summed E-state index contributed by atoms with van der Waals surface area (Å²) in [6, 6.07) is 20.1. The molecule has 2 nitrogen and oxygen atoms in total. The van der Waals surface area contributed by atoms with Gasteiger partial charge < -0.3 is 10.6 Å². The van der Waals surface area contributed by atoms with E-state index in [1.54, 1.807) is 0 Å². The Morgan fingerprint density at radius 3 is 2.50 bits per heavy atom. The summed E-state index contributed by atoms with van der Waals surface area (Å²) in [6.07, 6.45) is 0. The number of hydrogen-bond donors (Lipinski definition) is 2. The molecule has 0 aliphatic rings. The highest BCUT2D eigenvalue weighted by Crippen LogP contribution is 2.22. The second-order valence-corrected chi connectivity index (χ2v) is 5.94. The van der Waals surface area contributed by atoms with E-state index in [0.29, 0.717) is 10.1 Å². The molecule has 3 rings (SSSR count). The van der Waals surface area contributed by atoms with E-state index >= 15 is 0 Å². The Morgan fingerprint density at radius 1 is 0.909 bits per heavy atom. The van der Waals surface area contributed by atoms with Crippen molar-refractivity contribution in [3.8, 4) is 0 Å². The lowest BCUT2D eigenvalue weighted by Crippen LogP contribution is -2.19. The fourth-order valence-corrected chi connectivity index (χ4v) is 2.68. The van der Waals surface area contributed by atoms with Gasteiger partial charge in [0.05, 0.1) is 0 Å². The van der Waals surface area contributed by atoms with Crippen molar-refractivity contribution in [1.82, 2.24) is 0 Å². The molecule has 0 unspecified atom stereocenters. The van der Waals surface area contributed by atoms with Crippen LogP contribution in [0.1, 0.15) is 5.56 Å². The number of hydrogen-bond acceptors (Lipinski definition) is 1. The number of anilines is 2. The normalized spacial score (nSPS) is 10.5. The predicted octanol–water partition coefficient (Wildman–Crippen LogP) is 5.61. The smallest absolute Gasteiger partial charge is 0.175 e. The second kappa shape index (κ2) is 6.34. The van der Waals surface area contributed by atoms with Crippen LogP contribution in [0, 0.1) is 6.92 Å². The summed E-state index contributed by atoms with van der Waals surface area (Å²) >= 11 is 11.4. The Hall–Kier alpha value is -2.10. The van der Waals surface area contributed by atoms with E-state index in [1.165, 1.54) is 10.8 Å². The fraction of sp³-hybridized carbons (Fsp3) is 0.0556. The molecule has 0 amide bonds. The quantitative estimate of drug-likeness (QED) is 0.598. The Kier molecular flexibility index (Phi) is 4.27. The van der Waals surface area contributed by atoms with E-state index in [0.717, 1.165) is 16.9 Å². The van der Waals surface area contributed by atoms with E-state index in [1.807, 2.05) is 43.3 Å². The monoisotopic (exact) mass is 326 g/mol. The van der Waals surface area contributed by atoms with E-state index < -0.39 is 0 Å². The van der Waals surface area contributed by atoms with E-state index in [-0.39, 0.29) is 0 Å². The standard InChI is InChI=1S/C18H15ClN2S/c1-12-6-8-15(19)11-17(12)21-18(22)20-16-9-7-13-4-2-3-5-14(13)10-16/h2-11H,1H3,(H2,20,21,22). The van der Waals surface area contributed by atoms with Gasteiger partial charge in [0.15, 0.2) is 5.11 Å². The number of thiocarbonyl (C=S) groups is 1. The Labute approximate surface area is 140 Å². The average Bonchev–Trinajstić information content (AvgIpc) is 2.51. The van der Waals surface area contributed by atoms with E-state index in [4.69, 9.17) is 23.8 Å². The zero-order valence-electron chi connectivity index (χ0n) is 12.1. The SMILES string of the molecule is Cc1ccc(Cl)cc1NC(=S)Nc1ccc2ccccc2c1. The van der Waals surface area contributed by atoms with Crippen LogP contribution in [0.15, 0.2) is 60.7 Å². The van der Waals surface area contributed by atoms with Crippen LogP contribution in [-0.2, 0) is 0 Å². The lowest BCUT2D eigenvalue weighted by atomic mass is 10.1. The summed E-state index contributed by atoms with van der Waals surface area (Å²) in [7, 11) is 0. The van der Waals surface area contributed by atoms with E-state index in [9.17, 15) is 0 Å². The highest BCUT2D eigenvalue weighted by molar-refractivity contribution is 7.80. The molecule has 110 valence electrons. The molecule has 22 heavy (non-hydrogen) atoms. The zero-order chi connectivity index (χ0) is 15.5. The molecular weight excluding hydrogens is 312 g/mol. The average molecular weight is 327 g/mol. The summed E-state index contributed by atoms with van der Waals surface area (Å²) in [5.74, 6) is 0.